The van der Waals surface area contributed by atoms with E-state index in [-0.39, 0.29) is 0 Å². The third-order valence-corrected chi connectivity index (χ3v) is 25.7. The number of hydrogen-bond acceptors (Lipinski definition) is 2. The number of allylic oxidation sites excluding steroid dienone is 4. The van der Waals surface area contributed by atoms with E-state index < -0.39 is 0 Å². The van der Waals surface area contributed by atoms with Gasteiger partial charge in [-0.25, -0.2) is 0 Å². The van der Waals surface area contributed by atoms with E-state index in [0.717, 1.165) is 107 Å². The molecular formula is C70H116N2. The molecule has 406 valence electrons. The molecule has 8 unspecified atom stereocenters. The van der Waals surface area contributed by atoms with Crippen molar-refractivity contribution in [3.8, 4) is 0 Å². The van der Waals surface area contributed by atoms with E-state index in [1.165, 1.54) is 257 Å². The lowest BCUT2D eigenvalue weighted by atomic mass is 9.47. The molecule has 0 aromatic rings. The van der Waals surface area contributed by atoms with Crippen LogP contribution in [0.3, 0.4) is 0 Å². The van der Waals surface area contributed by atoms with Gasteiger partial charge in [0.2, 0.25) is 0 Å². The Morgan fingerprint density at radius 2 is 0.444 bits per heavy atom. The van der Waals surface area contributed by atoms with Crippen LogP contribution in [0.1, 0.15) is 308 Å². The van der Waals surface area contributed by atoms with Crippen LogP contribution in [0.4, 0.5) is 0 Å². The van der Waals surface area contributed by atoms with Crippen molar-refractivity contribution >= 4 is 0 Å². The van der Waals surface area contributed by atoms with Crippen LogP contribution in [0.15, 0.2) is 23.3 Å². The molecule has 12 aliphatic rings. The summed E-state index contributed by atoms with van der Waals surface area (Å²) in [6, 6.07) is 5.43. The van der Waals surface area contributed by atoms with Crippen LogP contribution < -0.4 is 0 Å². The molecule has 0 aromatic carbocycles. The van der Waals surface area contributed by atoms with Gasteiger partial charge < -0.3 is 0 Å². The highest BCUT2D eigenvalue weighted by atomic mass is 15.2. The molecule has 2 nitrogen and oxygen atoms in total. The molecule has 0 N–H and O–H groups in total. The third kappa shape index (κ3) is 11.9. The molecule has 0 saturated heterocycles. The van der Waals surface area contributed by atoms with Crippen molar-refractivity contribution < 1.29 is 0 Å². The van der Waals surface area contributed by atoms with Crippen LogP contribution >= 0.6 is 0 Å². The maximum atomic E-state index is 3.27. The summed E-state index contributed by atoms with van der Waals surface area (Å²) in [7, 11) is 0. The van der Waals surface area contributed by atoms with Gasteiger partial charge in [0.15, 0.2) is 0 Å². The van der Waals surface area contributed by atoms with E-state index in [1.54, 1.807) is 51.4 Å². The molecule has 0 aliphatic heterocycles. The van der Waals surface area contributed by atoms with Gasteiger partial charge >= 0.3 is 0 Å². The molecule has 0 radical (unpaired) electrons. The van der Waals surface area contributed by atoms with Crippen molar-refractivity contribution in [2.75, 3.05) is 0 Å². The zero-order chi connectivity index (χ0) is 48.1. The topological polar surface area (TPSA) is 6.48 Å². The largest absolute Gasteiger partial charge is 0.294 e. The second-order valence-electron chi connectivity index (χ2n) is 29.4. The lowest BCUT2D eigenvalue weighted by Crippen LogP contribution is -2.52. The second kappa shape index (κ2) is 25.5. The molecule has 12 aliphatic carbocycles. The normalized spacial score (nSPS) is 40.7. The zero-order valence-corrected chi connectivity index (χ0v) is 47.4. The van der Waals surface area contributed by atoms with Crippen molar-refractivity contribution in [1.82, 2.24) is 9.80 Å². The molecule has 12 rings (SSSR count). The number of hydrogen-bond donors (Lipinski definition) is 0. The molecule has 12 fully saturated rings. The van der Waals surface area contributed by atoms with Crippen LogP contribution in [0.2, 0.25) is 0 Å². The maximum absolute atomic E-state index is 3.27. The minimum atomic E-state index is 0.891. The Bertz CT molecular complexity index is 1510. The predicted molar refractivity (Wildman–Crippen MR) is 306 cm³/mol. The van der Waals surface area contributed by atoms with Crippen LogP contribution in [0.5, 0.6) is 0 Å². The highest BCUT2D eigenvalue weighted by molar-refractivity contribution is 5.21. The Morgan fingerprint density at radius 3 is 0.750 bits per heavy atom. The van der Waals surface area contributed by atoms with Gasteiger partial charge in [-0.2, -0.15) is 0 Å². The van der Waals surface area contributed by atoms with E-state index in [9.17, 15) is 0 Å². The lowest BCUT2D eigenvalue weighted by Gasteiger charge is -2.58. The Hall–Kier alpha value is -0.600. The molecule has 72 heavy (non-hydrogen) atoms. The Balaban J connectivity index is 0.783. The molecule has 8 atom stereocenters. The fourth-order valence-electron chi connectivity index (χ4n) is 22.5. The van der Waals surface area contributed by atoms with E-state index in [1.807, 2.05) is 0 Å². The summed E-state index contributed by atoms with van der Waals surface area (Å²) >= 11 is 0. The maximum Gasteiger partial charge on any atom is 0.0102 e. The summed E-state index contributed by atoms with van der Waals surface area (Å²) in [6.07, 6.45) is 79.6. The molecule has 12 saturated carbocycles. The van der Waals surface area contributed by atoms with Gasteiger partial charge in [0, 0.05) is 36.3 Å². The van der Waals surface area contributed by atoms with Crippen LogP contribution in [-0.4, -0.2) is 46.1 Å². The van der Waals surface area contributed by atoms with Crippen molar-refractivity contribution in [2.45, 2.75) is 344 Å². The standard InChI is InChI=1S/C70H116N2/c1-7-23-51(24-8-1)67(53-39-43-61(44-40-53)71(57-27-11-3-12-28-57)58-29-13-4-14-30-58)47-55-49-69-66-38-22-20-36-64(66)56(50-70(69)65-37-21-19-35-63(55)65)48-68(52-25-9-2-10-26-52)54-41-45-62(46-42-54)72(59-31-15-5-16-32-59)60-33-17-6-18-34-60/h47-48,51-66,69-70H,1-46,49-50H2. The molecule has 2 heteroatoms. The van der Waals surface area contributed by atoms with Gasteiger partial charge in [-0.05, 0) is 238 Å². The van der Waals surface area contributed by atoms with Gasteiger partial charge in [-0.1, -0.05) is 165 Å². The van der Waals surface area contributed by atoms with Crippen molar-refractivity contribution in [3.05, 3.63) is 23.3 Å². The van der Waals surface area contributed by atoms with Crippen LogP contribution in [-0.2, 0) is 0 Å². The molecule has 0 aromatic heterocycles. The Labute approximate surface area is 446 Å². The van der Waals surface area contributed by atoms with Crippen molar-refractivity contribution in [1.29, 1.82) is 0 Å². The van der Waals surface area contributed by atoms with E-state index in [2.05, 4.69) is 33.1 Å². The summed E-state index contributed by atoms with van der Waals surface area (Å²) in [5.41, 5.74) is 4.18. The Morgan fingerprint density at radius 1 is 0.208 bits per heavy atom. The first-order chi connectivity index (χ1) is 35.7. The van der Waals surface area contributed by atoms with Gasteiger partial charge in [0.25, 0.3) is 0 Å². The highest BCUT2D eigenvalue weighted by Gasteiger charge is 2.54. The molecular weight excluding hydrogens is 869 g/mol. The fourth-order valence-corrected chi connectivity index (χ4v) is 22.5. The average Bonchev–Trinajstić information content (AvgIpc) is 3.46. The minimum Gasteiger partial charge on any atom is -0.294 e. The first-order valence-electron chi connectivity index (χ1n) is 34.7. The van der Waals surface area contributed by atoms with Crippen LogP contribution in [0.25, 0.3) is 0 Å². The lowest BCUT2D eigenvalue weighted by molar-refractivity contribution is -0.0747. The third-order valence-electron chi connectivity index (χ3n) is 25.7. The summed E-state index contributed by atoms with van der Waals surface area (Å²) in [6.45, 7) is 0. The summed E-state index contributed by atoms with van der Waals surface area (Å²) < 4.78 is 0. The van der Waals surface area contributed by atoms with Gasteiger partial charge in [0.1, 0.15) is 0 Å². The first-order valence-corrected chi connectivity index (χ1v) is 34.7. The molecule has 0 bridgehead atoms. The first kappa shape index (κ1) is 52.1. The van der Waals surface area contributed by atoms with E-state index >= 15 is 0 Å². The quantitative estimate of drug-likeness (QED) is 0.180. The number of rotatable bonds is 12. The van der Waals surface area contributed by atoms with Crippen molar-refractivity contribution in [2.24, 2.45) is 71.0 Å². The monoisotopic (exact) mass is 985 g/mol. The number of nitrogens with zero attached hydrogens (tertiary/aromatic N) is 2. The smallest absolute Gasteiger partial charge is 0.0102 e. The highest BCUT2D eigenvalue weighted by Crippen LogP contribution is 2.62. The molecule has 0 heterocycles. The number of fused-ring (bicyclic) bond motifs is 5. The van der Waals surface area contributed by atoms with E-state index in [0.29, 0.717) is 0 Å². The molecule has 0 spiro atoms. The summed E-state index contributed by atoms with van der Waals surface area (Å²) in [5, 5.41) is 0. The van der Waals surface area contributed by atoms with Crippen molar-refractivity contribution in [3.63, 3.8) is 0 Å². The van der Waals surface area contributed by atoms with E-state index in [4.69, 9.17) is 0 Å². The van der Waals surface area contributed by atoms with Gasteiger partial charge in [-0.15, -0.1) is 0 Å². The predicted octanol–water partition coefficient (Wildman–Crippen LogP) is 19.9. The average molecular weight is 986 g/mol. The van der Waals surface area contributed by atoms with Gasteiger partial charge in [-0.3, -0.25) is 9.80 Å². The van der Waals surface area contributed by atoms with Gasteiger partial charge in [0.05, 0.1) is 0 Å². The zero-order valence-electron chi connectivity index (χ0n) is 47.4. The molecule has 0 amide bonds. The van der Waals surface area contributed by atoms with Crippen LogP contribution in [0, 0.1) is 71.0 Å². The summed E-state index contributed by atoms with van der Waals surface area (Å²) in [4.78, 5) is 6.54. The summed E-state index contributed by atoms with van der Waals surface area (Å²) in [5.74, 6) is 11.6. The minimum absolute atomic E-state index is 0.891. The fraction of sp³-hybridized carbons (Fsp3) is 0.943. The SMILES string of the molecule is C(=C(C1CCCCC1)C1CCC(N(C2CCCCC2)C2CCCCC2)CC1)C1CC2C3CCCCC3C(C=C(C3CCCCC3)C3CCC(N(C4CCCCC4)C4CCCCC4)CC3)CC2C2CCCCC12. The second-order valence-corrected chi connectivity index (χ2v) is 29.4. The Kier molecular flexibility index (Phi) is 18.4.